The quantitative estimate of drug-likeness (QED) is 0.830. The Balaban J connectivity index is 2.22. The van der Waals surface area contributed by atoms with Gasteiger partial charge >= 0.3 is 0 Å². The van der Waals surface area contributed by atoms with Crippen LogP contribution in [0.2, 0.25) is 5.02 Å². The van der Waals surface area contributed by atoms with Crippen molar-refractivity contribution >= 4 is 39.1 Å². The van der Waals surface area contributed by atoms with Crippen molar-refractivity contribution in [2.45, 2.75) is 32.6 Å². The molecule has 18 heavy (non-hydrogen) atoms. The summed E-state index contributed by atoms with van der Waals surface area (Å²) in [6.07, 6.45) is 3.91. The minimum absolute atomic E-state index is 0.0470. The van der Waals surface area contributed by atoms with Gasteiger partial charge in [-0.25, -0.2) is 4.39 Å². The topological polar surface area (TPSA) is 29.1 Å². The Morgan fingerprint density at radius 1 is 1.44 bits per heavy atom. The molecule has 1 aromatic carbocycles. The zero-order valence-electron chi connectivity index (χ0n) is 10.0. The van der Waals surface area contributed by atoms with Crippen molar-refractivity contribution in [1.82, 2.24) is 0 Å². The molecule has 5 heteroatoms. The van der Waals surface area contributed by atoms with Crippen molar-refractivity contribution in [1.29, 1.82) is 0 Å². The van der Waals surface area contributed by atoms with Gasteiger partial charge < -0.3 is 5.32 Å². The van der Waals surface area contributed by atoms with Crippen LogP contribution in [0.5, 0.6) is 0 Å². The minimum atomic E-state index is -0.433. The highest BCUT2D eigenvalue weighted by Gasteiger charge is 2.36. The van der Waals surface area contributed by atoms with E-state index in [4.69, 9.17) is 11.6 Å². The second kappa shape index (κ2) is 5.17. The highest BCUT2D eigenvalue weighted by Crippen LogP contribution is 2.40. The van der Waals surface area contributed by atoms with Crippen LogP contribution >= 0.6 is 27.5 Å². The Kier molecular flexibility index (Phi) is 3.97. The molecule has 0 aliphatic heterocycles. The number of hydrogen-bond acceptors (Lipinski definition) is 1. The van der Waals surface area contributed by atoms with Gasteiger partial charge in [0.2, 0.25) is 5.91 Å². The molecule has 2 rings (SSSR count). The fourth-order valence-corrected chi connectivity index (χ4v) is 3.21. The molecule has 0 bridgehead atoms. The van der Waals surface area contributed by atoms with E-state index in [0.717, 1.165) is 25.7 Å². The third-order valence-corrected chi connectivity index (χ3v) is 4.42. The number of carbonyl (C=O) groups is 1. The third kappa shape index (κ3) is 2.69. The number of anilines is 1. The summed E-state index contributed by atoms with van der Waals surface area (Å²) in [4.78, 5) is 12.2. The fourth-order valence-electron chi connectivity index (χ4n) is 2.31. The van der Waals surface area contributed by atoms with Crippen molar-refractivity contribution in [3.05, 3.63) is 27.4 Å². The second-order valence-electron chi connectivity index (χ2n) is 4.97. The molecule has 0 saturated heterocycles. The molecule has 0 heterocycles. The molecule has 1 N–H and O–H groups in total. The van der Waals surface area contributed by atoms with Crippen LogP contribution < -0.4 is 5.32 Å². The molecule has 1 aromatic rings. The lowest BCUT2D eigenvalue weighted by atomic mass is 9.88. The van der Waals surface area contributed by atoms with Crippen LogP contribution in [0.1, 0.15) is 32.6 Å². The molecule has 0 aromatic heterocycles. The van der Waals surface area contributed by atoms with Crippen LogP contribution in [0.15, 0.2) is 16.6 Å². The molecule has 1 aliphatic carbocycles. The number of halogens is 3. The van der Waals surface area contributed by atoms with Crippen LogP contribution in [0.3, 0.4) is 0 Å². The third-order valence-electron chi connectivity index (χ3n) is 3.50. The Morgan fingerprint density at radius 2 is 2.06 bits per heavy atom. The molecule has 1 fully saturated rings. The maximum atomic E-state index is 13.1. The molecule has 0 radical (unpaired) electrons. The Morgan fingerprint density at radius 3 is 2.61 bits per heavy atom. The van der Waals surface area contributed by atoms with Crippen LogP contribution in [0, 0.1) is 11.2 Å². The summed E-state index contributed by atoms with van der Waals surface area (Å²) in [7, 11) is 0. The van der Waals surface area contributed by atoms with Gasteiger partial charge in [0.15, 0.2) is 0 Å². The fraction of sp³-hybridized carbons (Fsp3) is 0.462. The Hall–Kier alpha value is -0.610. The first-order valence-electron chi connectivity index (χ1n) is 5.88. The predicted octanol–water partition coefficient (Wildman–Crippen LogP) is 4.76. The summed E-state index contributed by atoms with van der Waals surface area (Å²) in [5, 5.41) is 3.01. The molecular weight excluding hydrogens is 321 g/mol. The summed E-state index contributed by atoms with van der Waals surface area (Å²) in [5.74, 6) is -0.480. The Bertz CT molecular complexity index is 463. The molecule has 1 saturated carbocycles. The van der Waals surface area contributed by atoms with E-state index >= 15 is 0 Å². The van der Waals surface area contributed by atoms with Gasteiger partial charge in [-0.15, -0.1) is 0 Å². The van der Waals surface area contributed by atoms with Crippen molar-refractivity contribution in [3.63, 3.8) is 0 Å². The van der Waals surface area contributed by atoms with E-state index in [1.807, 2.05) is 6.92 Å². The smallest absolute Gasteiger partial charge is 0.230 e. The van der Waals surface area contributed by atoms with E-state index in [2.05, 4.69) is 21.2 Å². The van der Waals surface area contributed by atoms with Crippen molar-refractivity contribution < 1.29 is 9.18 Å². The molecule has 1 aliphatic rings. The first-order valence-corrected chi connectivity index (χ1v) is 7.05. The van der Waals surface area contributed by atoms with Gasteiger partial charge in [-0.3, -0.25) is 4.79 Å². The van der Waals surface area contributed by atoms with Gasteiger partial charge in [0.05, 0.1) is 10.7 Å². The normalized spacial score (nSPS) is 17.8. The molecule has 2 nitrogen and oxygen atoms in total. The lowest BCUT2D eigenvalue weighted by molar-refractivity contribution is -0.124. The second-order valence-corrected chi connectivity index (χ2v) is 6.23. The summed E-state index contributed by atoms with van der Waals surface area (Å²) in [6.45, 7) is 1.96. The van der Waals surface area contributed by atoms with E-state index in [9.17, 15) is 9.18 Å². The standard InChI is InChI=1S/C13H14BrClFNO/c1-13(4-2-3-5-13)12(18)17-11-9(14)6-8(16)7-10(11)15/h6-7H,2-5H2,1H3,(H,17,18). The summed E-state index contributed by atoms with van der Waals surface area (Å²) < 4.78 is 13.6. The SMILES string of the molecule is CC1(C(=O)Nc2c(Cl)cc(F)cc2Br)CCCC1. The van der Waals surface area contributed by atoms with Gasteiger partial charge in [0.1, 0.15) is 5.82 Å². The van der Waals surface area contributed by atoms with Crippen molar-refractivity contribution in [2.75, 3.05) is 5.32 Å². The van der Waals surface area contributed by atoms with Gasteiger partial charge in [-0.1, -0.05) is 31.4 Å². The summed E-state index contributed by atoms with van der Waals surface area (Å²) >= 11 is 9.16. The number of nitrogens with one attached hydrogen (secondary N) is 1. The lowest BCUT2D eigenvalue weighted by Crippen LogP contribution is -2.31. The summed E-state index contributed by atoms with van der Waals surface area (Å²) in [6, 6.07) is 2.48. The number of amides is 1. The van der Waals surface area contributed by atoms with E-state index in [1.165, 1.54) is 12.1 Å². The van der Waals surface area contributed by atoms with E-state index in [0.29, 0.717) is 10.2 Å². The van der Waals surface area contributed by atoms with E-state index in [-0.39, 0.29) is 16.3 Å². The zero-order chi connectivity index (χ0) is 13.3. The molecule has 0 spiro atoms. The van der Waals surface area contributed by atoms with Crippen LogP contribution in [-0.4, -0.2) is 5.91 Å². The first kappa shape index (κ1) is 13.8. The lowest BCUT2D eigenvalue weighted by Gasteiger charge is -2.23. The van der Waals surface area contributed by atoms with E-state index in [1.54, 1.807) is 0 Å². The number of benzene rings is 1. The van der Waals surface area contributed by atoms with Gasteiger partial charge in [-0.05, 0) is 40.9 Å². The van der Waals surface area contributed by atoms with Crippen molar-refractivity contribution in [2.24, 2.45) is 5.41 Å². The highest BCUT2D eigenvalue weighted by molar-refractivity contribution is 9.10. The Labute approximate surface area is 119 Å². The number of carbonyl (C=O) groups excluding carboxylic acids is 1. The highest BCUT2D eigenvalue weighted by atomic mass is 79.9. The summed E-state index contributed by atoms with van der Waals surface area (Å²) in [5.41, 5.74) is 0.105. The molecule has 98 valence electrons. The average molecular weight is 335 g/mol. The maximum absolute atomic E-state index is 13.1. The molecule has 0 unspecified atom stereocenters. The van der Waals surface area contributed by atoms with Crippen LogP contribution in [-0.2, 0) is 4.79 Å². The van der Waals surface area contributed by atoms with Crippen LogP contribution in [0.25, 0.3) is 0 Å². The first-order chi connectivity index (χ1) is 8.42. The maximum Gasteiger partial charge on any atom is 0.230 e. The number of hydrogen-bond donors (Lipinski definition) is 1. The number of rotatable bonds is 2. The monoisotopic (exact) mass is 333 g/mol. The van der Waals surface area contributed by atoms with Crippen LogP contribution in [0.4, 0.5) is 10.1 Å². The largest absolute Gasteiger partial charge is 0.323 e. The van der Waals surface area contributed by atoms with Gasteiger partial charge in [0.25, 0.3) is 0 Å². The molecule has 1 amide bonds. The van der Waals surface area contributed by atoms with E-state index < -0.39 is 5.82 Å². The van der Waals surface area contributed by atoms with Crippen molar-refractivity contribution in [3.8, 4) is 0 Å². The minimum Gasteiger partial charge on any atom is -0.323 e. The predicted molar refractivity (Wildman–Crippen MR) is 74.3 cm³/mol. The van der Waals surface area contributed by atoms with Gasteiger partial charge in [-0.2, -0.15) is 0 Å². The zero-order valence-corrected chi connectivity index (χ0v) is 12.4. The van der Waals surface area contributed by atoms with Gasteiger partial charge in [0, 0.05) is 9.89 Å². The molecular formula is C13H14BrClFNO. The average Bonchev–Trinajstić information content (AvgIpc) is 2.71. The molecule has 0 atom stereocenters.